The number of rotatable bonds is 4. The molecular weight excluding hydrogens is 394 g/mol. The van der Waals surface area contributed by atoms with Crippen molar-refractivity contribution in [2.24, 2.45) is 0 Å². The van der Waals surface area contributed by atoms with Gasteiger partial charge in [-0.1, -0.05) is 35.5 Å². The van der Waals surface area contributed by atoms with E-state index in [0.29, 0.717) is 37.4 Å². The molecule has 2 aliphatic heterocycles. The fourth-order valence-electron chi connectivity index (χ4n) is 4.44. The zero-order chi connectivity index (χ0) is 21.4. The summed E-state index contributed by atoms with van der Waals surface area (Å²) in [6.45, 7) is 5.17. The summed E-state index contributed by atoms with van der Waals surface area (Å²) in [7, 11) is 0. The number of aryl methyl sites for hydroxylation is 1. The van der Waals surface area contributed by atoms with E-state index in [-0.39, 0.29) is 17.6 Å². The fraction of sp³-hybridized carbons (Fsp3) is 0.391. The third kappa shape index (κ3) is 3.52. The molecule has 0 radical (unpaired) electrons. The molecule has 1 fully saturated rings. The average Bonchev–Trinajstić information content (AvgIpc) is 3.58. The van der Waals surface area contributed by atoms with Gasteiger partial charge in [0.2, 0.25) is 5.76 Å². The first-order valence-electron chi connectivity index (χ1n) is 10.8. The van der Waals surface area contributed by atoms with Gasteiger partial charge in [-0.15, -0.1) is 0 Å². The molecular formula is C23H25N5O3. The first-order chi connectivity index (χ1) is 15.2. The van der Waals surface area contributed by atoms with Crippen LogP contribution in [0.2, 0.25) is 0 Å². The standard InChI is InChI=1S/C23H25N5O3/c1-2-28-19-10-13-27(15-17(19)21(24-28)23(30)26-11-6-7-12-26)22(29)20-14-18(25-31-20)16-8-4-3-5-9-16/h3-5,8-9,14H,2,6-7,10-13,15H2,1H3. The van der Waals surface area contributed by atoms with Gasteiger partial charge in [-0.2, -0.15) is 5.10 Å². The molecule has 0 atom stereocenters. The molecule has 0 unspecified atom stereocenters. The van der Waals surface area contributed by atoms with Crippen molar-refractivity contribution in [1.82, 2.24) is 24.7 Å². The van der Waals surface area contributed by atoms with Crippen LogP contribution in [-0.4, -0.2) is 56.2 Å². The van der Waals surface area contributed by atoms with Crippen LogP contribution in [0.25, 0.3) is 11.3 Å². The Morgan fingerprint density at radius 1 is 1.03 bits per heavy atom. The maximum Gasteiger partial charge on any atom is 0.292 e. The average molecular weight is 419 g/mol. The number of nitrogens with zero attached hydrogens (tertiary/aromatic N) is 5. The number of carbonyl (C=O) groups is 2. The lowest BCUT2D eigenvalue weighted by atomic mass is 10.0. The summed E-state index contributed by atoms with van der Waals surface area (Å²) in [4.78, 5) is 29.8. The van der Waals surface area contributed by atoms with Crippen molar-refractivity contribution in [2.45, 2.75) is 39.3 Å². The highest BCUT2D eigenvalue weighted by atomic mass is 16.5. The van der Waals surface area contributed by atoms with Crippen molar-refractivity contribution in [1.29, 1.82) is 0 Å². The van der Waals surface area contributed by atoms with Crippen LogP contribution in [0, 0.1) is 0 Å². The Bertz CT molecular complexity index is 1110. The molecule has 2 aromatic heterocycles. The van der Waals surface area contributed by atoms with Gasteiger partial charge in [0.25, 0.3) is 11.8 Å². The number of likely N-dealkylation sites (tertiary alicyclic amines) is 1. The molecule has 0 spiro atoms. The molecule has 160 valence electrons. The van der Waals surface area contributed by atoms with Crippen LogP contribution in [0.5, 0.6) is 0 Å². The molecule has 8 heteroatoms. The van der Waals surface area contributed by atoms with Crippen LogP contribution >= 0.6 is 0 Å². The predicted octanol–water partition coefficient (Wildman–Crippen LogP) is 2.99. The van der Waals surface area contributed by atoms with Gasteiger partial charge in [-0.05, 0) is 19.8 Å². The lowest BCUT2D eigenvalue weighted by Gasteiger charge is -2.27. The minimum Gasteiger partial charge on any atom is -0.350 e. The molecule has 0 N–H and O–H groups in total. The smallest absolute Gasteiger partial charge is 0.292 e. The highest BCUT2D eigenvalue weighted by Gasteiger charge is 2.33. The highest BCUT2D eigenvalue weighted by molar-refractivity contribution is 5.95. The van der Waals surface area contributed by atoms with E-state index in [1.165, 1.54) is 0 Å². The molecule has 0 bridgehead atoms. The Morgan fingerprint density at radius 2 is 1.81 bits per heavy atom. The summed E-state index contributed by atoms with van der Waals surface area (Å²) < 4.78 is 7.28. The van der Waals surface area contributed by atoms with Crippen LogP contribution < -0.4 is 0 Å². The van der Waals surface area contributed by atoms with E-state index in [1.54, 1.807) is 11.0 Å². The van der Waals surface area contributed by atoms with Crippen LogP contribution in [0.1, 0.15) is 52.1 Å². The number of aromatic nitrogens is 3. The molecule has 1 saturated heterocycles. The van der Waals surface area contributed by atoms with Gasteiger partial charge in [0.05, 0.1) is 6.54 Å². The molecule has 2 aliphatic rings. The lowest BCUT2D eigenvalue weighted by molar-refractivity contribution is 0.0684. The van der Waals surface area contributed by atoms with Crippen molar-refractivity contribution in [3.8, 4) is 11.3 Å². The summed E-state index contributed by atoms with van der Waals surface area (Å²) in [5.74, 6) is -0.0389. The van der Waals surface area contributed by atoms with E-state index in [2.05, 4.69) is 10.3 Å². The second-order valence-corrected chi connectivity index (χ2v) is 8.01. The van der Waals surface area contributed by atoms with E-state index < -0.39 is 0 Å². The maximum absolute atomic E-state index is 13.1. The molecule has 3 aromatic rings. The Morgan fingerprint density at radius 3 is 2.55 bits per heavy atom. The van der Waals surface area contributed by atoms with E-state index in [0.717, 1.165) is 42.8 Å². The zero-order valence-electron chi connectivity index (χ0n) is 17.6. The largest absolute Gasteiger partial charge is 0.350 e. The second-order valence-electron chi connectivity index (χ2n) is 8.01. The Hall–Kier alpha value is -3.42. The SMILES string of the molecule is CCn1nc(C(=O)N2CCCC2)c2c1CCN(C(=O)c1cc(-c3ccccc3)no1)C2. The summed E-state index contributed by atoms with van der Waals surface area (Å²) >= 11 is 0. The van der Waals surface area contributed by atoms with Crippen molar-refractivity contribution in [2.75, 3.05) is 19.6 Å². The van der Waals surface area contributed by atoms with Gasteiger partial charge in [0, 0.05) is 55.5 Å². The summed E-state index contributed by atoms with van der Waals surface area (Å²) in [6, 6.07) is 11.3. The number of fused-ring (bicyclic) bond motifs is 1. The fourth-order valence-corrected chi connectivity index (χ4v) is 4.44. The lowest BCUT2D eigenvalue weighted by Crippen LogP contribution is -2.37. The number of carbonyl (C=O) groups excluding carboxylic acids is 2. The molecule has 4 heterocycles. The van der Waals surface area contributed by atoms with Crippen molar-refractivity contribution in [3.05, 3.63) is 59.1 Å². The van der Waals surface area contributed by atoms with E-state index >= 15 is 0 Å². The number of benzene rings is 1. The monoisotopic (exact) mass is 419 g/mol. The Kier molecular flexibility index (Phi) is 5.05. The van der Waals surface area contributed by atoms with Crippen LogP contribution in [-0.2, 0) is 19.5 Å². The summed E-state index contributed by atoms with van der Waals surface area (Å²) in [6.07, 6.45) is 2.72. The molecule has 0 aliphatic carbocycles. The van der Waals surface area contributed by atoms with E-state index in [9.17, 15) is 9.59 Å². The number of amides is 2. The molecule has 2 amide bonds. The highest BCUT2D eigenvalue weighted by Crippen LogP contribution is 2.27. The quantitative estimate of drug-likeness (QED) is 0.649. The summed E-state index contributed by atoms with van der Waals surface area (Å²) in [5, 5.41) is 8.68. The maximum atomic E-state index is 13.1. The van der Waals surface area contributed by atoms with Crippen LogP contribution in [0.15, 0.2) is 40.9 Å². The normalized spacial score (nSPS) is 15.9. The molecule has 8 nitrogen and oxygen atoms in total. The van der Waals surface area contributed by atoms with Crippen LogP contribution in [0.3, 0.4) is 0 Å². The number of hydrogen-bond donors (Lipinski definition) is 0. The zero-order valence-corrected chi connectivity index (χ0v) is 17.6. The molecule has 31 heavy (non-hydrogen) atoms. The van der Waals surface area contributed by atoms with Crippen molar-refractivity contribution in [3.63, 3.8) is 0 Å². The second kappa shape index (κ2) is 8.02. The van der Waals surface area contributed by atoms with Gasteiger partial charge in [-0.3, -0.25) is 14.3 Å². The molecule has 1 aromatic carbocycles. The van der Waals surface area contributed by atoms with Gasteiger partial charge < -0.3 is 14.3 Å². The third-order valence-corrected chi connectivity index (χ3v) is 6.11. The van der Waals surface area contributed by atoms with Gasteiger partial charge >= 0.3 is 0 Å². The van der Waals surface area contributed by atoms with Crippen molar-refractivity contribution >= 4 is 11.8 Å². The van der Waals surface area contributed by atoms with Gasteiger partial charge in [0.1, 0.15) is 5.69 Å². The first-order valence-corrected chi connectivity index (χ1v) is 10.8. The van der Waals surface area contributed by atoms with Gasteiger partial charge in [-0.25, -0.2) is 0 Å². The summed E-state index contributed by atoms with van der Waals surface area (Å²) in [5.41, 5.74) is 3.93. The van der Waals surface area contributed by atoms with Crippen LogP contribution in [0.4, 0.5) is 0 Å². The number of hydrogen-bond acceptors (Lipinski definition) is 5. The minimum absolute atomic E-state index is 0.0266. The Balaban J connectivity index is 1.40. The first kappa shape index (κ1) is 19.5. The topological polar surface area (TPSA) is 84.5 Å². The molecule has 0 saturated carbocycles. The Labute approximate surface area is 180 Å². The predicted molar refractivity (Wildman–Crippen MR) is 113 cm³/mol. The van der Waals surface area contributed by atoms with Gasteiger partial charge in [0.15, 0.2) is 5.69 Å². The third-order valence-electron chi connectivity index (χ3n) is 6.11. The van der Waals surface area contributed by atoms with E-state index in [1.807, 2.05) is 46.8 Å². The molecule has 5 rings (SSSR count). The van der Waals surface area contributed by atoms with Crippen molar-refractivity contribution < 1.29 is 14.1 Å². The minimum atomic E-state index is -0.218. The van der Waals surface area contributed by atoms with E-state index in [4.69, 9.17) is 4.52 Å².